The van der Waals surface area contributed by atoms with Gasteiger partial charge in [-0.15, -0.1) is 0 Å². The summed E-state index contributed by atoms with van der Waals surface area (Å²) >= 11 is 0. The summed E-state index contributed by atoms with van der Waals surface area (Å²) in [5, 5.41) is 3.34. The van der Waals surface area contributed by atoms with E-state index in [0.717, 1.165) is 37.9 Å². The first kappa shape index (κ1) is 13.1. The standard InChI is InChI=1S/C16H22FNO/c1-15(2)7-6-14(19-15)9-16(10-18-11-16)12-4-3-5-13(17)8-12/h3-5,8,14,18H,6-7,9-11H2,1-2H3. The van der Waals surface area contributed by atoms with Crippen LogP contribution in [0.4, 0.5) is 4.39 Å². The predicted octanol–water partition coefficient (Wildman–Crippen LogP) is 3.01. The first-order valence-corrected chi connectivity index (χ1v) is 7.14. The van der Waals surface area contributed by atoms with Gasteiger partial charge in [-0.3, -0.25) is 0 Å². The van der Waals surface area contributed by atoms with Gasteiger partial charge in [-0.2, -0.15) is 0 Å². The van der Waals surface area contributed by atoms with Crippen LogP contribution in [0.1, 0.15) is 38.7 Å². The van der Waals surface area contributed by atoms with Gasteiger partial charge in [0.2, 0.25) is 0 Å². The van der Waals surface area contributed by atoms with E-state index in [4.69, 9.17) is 4.74 Å². The molecule has 3 rings (SSSR count). The second kappa shape index (κ2) is 4.57. The molecule has 0 amide bonds. The predicted molar refractivity (Wildman–Crippen MR) is 73.8 cm³/mol. The van der Waals surface area contributed by atoms with Crippen LogP contribution < -0.4 is 5.32 Å². The van der Waals surface area contributed by atoms with Crippen LogP contribution in [0, 0.1) is 5.82 Å². The fourth-order valence-corrected chi connectivity index (χ4v) is 3.37. The number of rotatable bonds is 3. The summed E-state index contributed by atoms with van der Waals surface area (Å²) in [6.07, 6.45) is 3.53. The van der Waals surface area contributed by atoms with Crippen molar-refractivity contribution in [3.63, 3.8) is 0 Å². The minimum Gasteiger partial charge on any atom is -0.372 e. The molecular weight excluding hydrogens is 241 g/mol. The average molecular weight is 263 g/mol. The Balaban J connectivity index is 1.77. The first-order valence-electron chi connectivity index (χ1n) is 7.14. The zero-order valence-corrected chi connectivity index (χ0v) is 11.7. The molecule has 1 N–H and O–H groups in total. The quantitative estimate of drug-likeness (QED) is 0.905. The van der Waals surface area contributed by atoms with Crippen LogP contribution in [0.15, 0.2) is 24.3 Å². The van der Waals surface area contributed by atoms with E-state index in [1.165, 1.54) is 6.07 Å². The Morgan fingerprint density at radius 1 is 1.37 bits per heavy atom. The van der Waals surface area contributed by atoms with Gasteiger partial charge in [0, 0.05) is 18.5 Å². The molecule has 3 heteroatoms. The topological polar surface area (TPSA) is 21.3 Å². The van der Waals surface area contributed by atoms with Crippen molar-refractivity contribution in [1.82, 2.24) is 5.32 Å². The Bertz CT molecular complexity index is 468. The third-order valence-electron chi connectivity index (χ3n) is 4.54. The van der Waals surface area contributed by atoms with E-state index in [1.54, 1.807) is 6.07 Å². The largest absolute Gasteiger partial charge is 0.372 e. The maximum absolute atomic E-state index is 13.4. The zero-order valence-electron chi connectivity index (χ0n) is 11.7. The lowest BCUT2D eigenvalue weighted by Crippen LogP contribution is -2.58. The number of hydrogen-bond acceptors (Lipinski definition) is 2. The van der Waals surface area contributed by atoms with Gasteiger partial charge in [-0.1, -0.05) is 12.1 Å². The number of halogens is 1. The van der Waals surface area contributed by atoms with Crippen molar-refractivity contribution in [1.29, 1.82) is 0 Å². The lowest BCUT2D eigenvalue weighted by atomic mass is 9.71. The van der Waals surface area contributed by atoms with Gasteiger partial charge in [0.25, 0.3) is 0 Å². The fourth-order valence-electron chi connectivity index (χ4n) is 3.37. The summed E-state index contributed by atoms with van der Waals surface area (Å²) in [5.41, 5.74) is 1.18. The molecule has 0 spiro atoms. The van der Waals surface area contributed by atoms with E-state index in [2.05, 4.69) is 19.2 Å². The Kier molecular flexibility index (Phi) is 3.14. The molecule has 19 heavy (non-hydrogen) atoms. The Morgan fingerprint density at radius 2 is 2.16 bits per heavy atom. The Labute approximate surface area is 114 Å². The number of ether oxygens (including phenoxy) is 1. The summed E-state index contributed by atoms with van der Waals surface area (Å²) < 4.78 is 19.6. The van der Waals surface area contributed by atoms with E-state index in [0.29, 0.717) is 6.10 Å². The summed E-state index contributed by atoms with van der Waals surface area (Å²) in [5.74, 6) is -0.142. The van der Waals surface area contributed by atoms with Gasteiger partial charge in [-0.05, 0) is 50.8 Å². The van der Waals surface area contributed by atoms with Crippen molar-refractivity contribution in [2.24, 2.45) is 0 Å². The van der Waals surface area contributed by atoms with Crippen molar-refractivity contribution in [2.45, 2.75) is 50.2 Å². The molecule has 2 aliphatic heterocycles. The van der Waals surface area contributed by atoms with Gasteiger partial charge in [0.1, 0.15) is 5.82 Å². The second-order valence-corrected chi connectivity index (χ2v) is 6.64. The molecule has 2 aliphatic rings. The fraction of sp³-hybridized carbons (Fsp3) is 0.625. The van der Waals surface area contributed by atoms with Crippen LogP contribution in [0.3, 0.4) is 0 Å². The molecule has 0 aromatic heterocycles. The van der Waals surface area contributed by atoms with Gasteiger partial charge >= 0.3 is 0 Å². The monoisotopic (exact) mass is 263 g/mol. The molecule has 2 nitrogen and oxygen atoms in total. The highest BCUT2D eigenvalue weighted by molar-refractivity contribution is 5.30. The highest BCUT2D eigenvalue weighted by atomic mass is 19.1. The van der Waals surface area contributed by atoms with Crippen LogP contribution in [-0.2, 0) is 10.2 Å². The van der Waals surface area contributed by atoms with Crippen molar-refractivity contribution >= 4 is 0 Å². The molecule has 0 radical (unpaired) electrons. The molecular formula is C16H22FNO. The van der Waals surface area contributed by atoms with Gasteiger partial charge in [0.15, 0.2) is 0 Å². The van der Waals surface area contributed by atoms with Crippen LogP contribution in [0.2, 0.25) is 0 Å². The molecule has 1 aromatic carbocycles. The van der Waals surface area contributed by atoms with Crippen LogP contribution >= 0.6 is 0 Å². The first-order chi connectivity index (χ1) is 8.99. The maximum Gasteiger partial charge on any atom is 0.123 e. The van der Waals surface area contributed by atoms with Crippen LogP contribution in [-0.4, -0.2) is 24.8 Å². The van der Waals surface area contributed by atoms with E-state index in [1.807, 2.05) is 12.1 Å². The highest BCUT2D eigenvalue weighted by Gasteiger charge is 2.43. The van der Waals surface area contributed by atoms with Gasteiger partial charge in [-0.25, -0.2) is 4.39 Å². The Morgan fingerprint density at radius 3 is 2.68 bits per heavy atom. The summed E-state index contributed by atoms with van der Waals surface area (Å²) in [7, 11) is 0. The van der Waals surface area contributed by atoms with E-state index >= 15 is 0 Å². The molecule has 2 heterocycles. The van der Waals surface area contributed by atoms with Crippen molar-refractivity contribution in [2.75, 3.05) is 13.1 Å². The van der Waals surface area contributed by atoms with Crippen LogP contribution in [0.25, 0.3) is 0 Å². The lowest BCUT2D eigenvalue weighted by molar-refractivity contribution is -0.0318. The van der Waals surface area contributed by atoms with E-state index in [9.17, 15) is 4.39 Å². The molecule has 1 atom stereocenters. The average Bonchev–Trinajstić information content (AvgIpc) is 2.63. The van der Waals surface area contributed by atoms with Crippen molar-refractivity contribution in [3.8, 4) is 0 Å². The molecule has 0 saturated carbocycles. The molecule has 104 valence electrons. The van der Waals surface area contributed by atoms with E-state index in [-0.39, 0.29) is 16.8 Å². The molecule has 0 aliphatic carbocycles. The number of benzene rings is 1. The molecule has 2 saturated heterocycles. The molecule has 1 aromatic rings. The van der Waals surface area contributed by atoms with Gasteiger partial charge < -0.3 is 10.1 Å². The maximum atomic E-state index is 13.4. The second-order valence-electron chi connectivity index (χ2n) is 6.64. The number of hydrogen-bond donors (Lipinski definition) is 1. The summed E-state index contributed by atoms with van der Waals surface area (Å²) in [4.78, 5) is 0. The molecule has 0 bridgehead atoms. The Hall–Kier alpha value is -0.930. The van der Waals surface area contributed by atoms with Crippen molar-refractivity contribution in [3.05, 3.63) is 35.6 Å². The van der Waals surface area contributed by atoms with Crippen molar-refractivity contribution < 1.29 is 9.13 Å². The minimum absolute atomic E-state index is 0.00493. The van der Waals surface area contributed by atoms with Crippen LogP contribution in [0.5, 0.6) is 0 Å². The minimum atomic E-state index is -0.142. The molecule has 1 unspecified atom stereocenters. The highest BCUT2D eigenvalue weighted by Crippen LogP contribution is 2.40. The lowest BCUT2D eigenvalue weighted by Gasteiger charge is -2.45. The summed E-state index contributed by atoms with van der Waals surface area (Å²) in [6.45, 7) is 6.16. The zero-order chi connectivity index (χ0) is 13.5. The smallest absolute Gasteiger partial charge is 0.123 e. The van der Waals surface area contributed by atoms with E-state index < -0.39 is 0 Å². The SMILES string of the molecule is CC1(C)CCC(CC2(c3cccc(F)c3)CNC2)O1. The number of nitrogens with one attached hydrogen (secondary N) is 1. The van der Waals surface area contributed by atoms with Gasteiger partial charge in [0.05, 0.1) is 11.7 Å². The molecule has 2 fully saturated rings. The normalized spacial score (nSPS) is 28.1. The third kappa shape index (κ3) is 2.54. The summed E-state index contributed by atoms with van der Waals surface area (Å²) in [6, 6.07) is 7.05. The third-order valence-corrected chi connectivity index (χ3v) is 4.54.